The molecule has 1 aromatic carbocycles. The van der Waals surface area contributed by atoms with Crippen molar-refractivity contribution < 1.29 is 32.1 Å². The van der Waals surface area contributed by atoms with Crippen LogP contribution in [-0.2, 0) is 11.3 Å². The first-order valence-corrected chi connectivity index (χ1v) is 13.1. The van der Waals surface area contributed by atoms with Crippen molar-refractivity contribution >= 4 is 22.7 Å². The van der Waals surface area contributed by atoms with Crippen LogP contribution >= 0.6 is 0 Å². The maximum absolute atomic E-state index is 15.0. The fourth-order valence-corrected chi connectivity index (χ4v) is 5.19. The Labute approximate surface area is 238 Å². The van der Waals surface area contributed by atoms with E-state index in [1.54, 1.807) is 21.9 Å². The molecule has 4 heterocycles. The lowest BCUT2D eigenvalue weighted by atomic mass is 9.84. The molecule has 11 nitrogen and oxygen atoms in total. The minimum Gasteiger partial charge on any atom is -0.494 e. The van der Waals surface area contributed by atoms with Crippen molar-refractivity contribution in [3.8, 4) is 17.0 Å². The molecule has 5 rings (SSSR count). The van der Waals surface area contributed by atoms with Crippen LogP contribution in [0.15, 0.2) is 37.1 Å². The van der Waals surface area contributed by atoms with Gasteiger partial charge in [-0.1, -0.05) is 0 Å². The molecule has 1 aliphatic rings. The molecule has 0 aliphatic carbocycles. The van der Waals surface area contributed by atoms with Gasteiger partial charge in [0.05, 0.1) is 43.1 Å². The van der Waals surface area contributed by atoms with Crippen molar-refractivity contribution in [3.63, 3.8) is 0 Å². The molecule has 0 amide bonds. The molecule has 0 bridgehead atoms. The van der Waals surface area contributed by atoms with Gasteiger partial charge in [-0.05, 0) is 30.5 Å². The Balaban J connectivity index is 1.58. The molecule has 1 fully saturated rings. The largest absolute Gasteiger partial charge is 0.494 e. The fraction of sp³-hybridized carbons (Fsp3) is 0.407. The Morgan fingerprint density at radius 3 is 2.67 bits per heavy atom. The van der Waals surface area contributed by atoms with Crippen molar-refractivity contribution in [2.45, 2.75) is 37.5 Å². The van der Waals surface area contributed by atoms with Gasteiger partial charge in [-0.15, -0.1) is 0 Å². The third-order valence-electron chi connectivity index (χ3n) is 7.33. The van der Waals surface area contributed by atoms with Gasteiger partial charge in [-0.2, -0.15) is 0 Å². The van der Waals surface area contributed by atoms with Crippen LogP contribution in [0.3, 0.4) is 0 Å². The molecule has 0 spiro atoms. The number of hydrogen-bond acceptors (Lipinski definition) is 10. The molecule has 2 atom stereocenters. The molecule has 224 valence electrons. The third kappa shape index (κ3) is 5.67. The number of alkyl halides is 2. The zero-order valence-corrected chi connectivity index (χ0v) is 22.9. The number of pyridine rings is 1. The molecule has 0 unspecified atom stereocenters. The van der Waals surface area contributed by atoms with Gasteiger partial charge >= 0.3 is 0 Å². The number of benzene rings is 1. The van der Waals surface area contributed by atoms with E-state index in [0.717, 1.165) is 12.1 Å². The summed E-state index contributed by atoms with van der Waals surface area (Å²) in [5.41, 5.74) is 6.83. The third-order valence-corrected chi connectivity index (χ3v) is 7.33. The van der Waals surface area contributed by atoms with E-state index in [2.05, 4.69) is 25.3 Å². The van der Waals surface area contributed by atoms with Crippen LogP contribution in [0.2, 0.25) is 0 Å². The molecular formula is C27H30F4N8O3. The number of halogens is 4. The van der Waals surface area contributed by atoms with Crippen LogP contribution in [0, 0.1) is 11.6 Å². The van der Waals surface area contributed by atoms with Gasteiger partial charge in [0.15, 0.2) is 23.0 Å². The first-order chi connectivity index (χ1) is 20.1. The average molecular weight is 591 g/mol. The van der Waals surface area contributed by atoms with E-state index in [-0.39, 0.29) is 43.2 Å². The first-order valence-electron chi connectivity index (χ1n) is 13.1. The quantitative estimate of drug-likeness (QED) is 0.187. The number of piperidine rings is 1. The summed E-state index contributed by atoms with van der Waals surface area (Å²) in [6, 6.07) is 3.53. The van der Waals surface area contributed by atoms with Crippen LogP contribution in [0.5, 0.6) is 5.75 Å². The van der Waals surface area contributed by atoms with Crippen LogP contribution in [0.1, 0.15) is 18.4 Å². The number of ether oxygens (including phenoxy) is 2. The maximum atomic E-state index is 15.0. The normalized spacial score (nSPS) is 18.1. The van der Waals surface area contributed by atoms with Gasteiger partial charge in [0, 0.05) is 31.8 Å². The Morgan fingerprint density at radius 2 is 1.93 bits per heavy atom. The predicted octanol–water partition coefficient (Wildman–Crippen LogP) is 3.16. The van der Waals surface area contributed by atoms with Crippen molar-refractivity contribution in [1.82, 2.24) is 24.5 Å². The van der Waals surface area contributed by atoms with Gasteiger partial charge in [0.2, 0.25) is 0 Å². The predicted molar refractivity (Wildman–Crippen MR) is 146 cm³/mol. The number of methoxy groups -OCH3 is 2. The van der Waals surface area contributed by atoms with Crippen LogP contribution in [-0.4, -0.2) is 81.7 Å². The number of nitrogens with two attached hydrogens (primary N) is 1. The highest BCUT2D eigenvalue weighted by molar-refractivity contribution is 5.82. The molecule has 1 saturated heterocycles. The van der Waals surface area contributed by atoms with Gasteiger partial charge in [-0.25, -0.2) is 32.5 Å². The fourth-order valence-electron chi connectivity index (χ4n) is 5.19. The van der Waals surface area contributed by atoms with Crippen LogP contribution in [0.25, 0.3) is 22.4 Å². The number of rotatable bonds is 10. The van der Waals surface area contributed by atoms with Gasteiger partial charge < -0.3 is 35.1 Å². The Bertz CT molecular complexity index is 1570. The molecule has 1 aliphatic heterocycles. The van der Waals surface area contributed by atoms with E-state index in [0.29, 0.717) is 41.2 Å². The lowest BCUT2D eigenvalue weighted by Gasteiger charge is -2.44. The number of hydrogen-bond donors (Lipinski definition) is 3. The van der Waals surface area contributed by atoms with E-state index in [1.807, 2.05) is 0 Å². The second-order valence-electron chi connectivity index (χ2n) is 10.1. The van der Waals surface area contributed by atoms with Gasteiger partial charge in [-0.3, -0.25) is 4.98 Å². The number of anilines is 2. The summed E-state index contributed by atoms with van der Waals surface area (Å²) in [4.78, 5) is 19.2. The molecular weight excluding hydrogens is 560 g/mol. The van der Waals surface area contributed by atoms with E-state index in [1.165, 1.54) is 26.7 Å². The molecule has 0 saturated carbocycles. The zero-order chi connectivity index (χ0) is 30.0. The average Bonchev–Trinajstić information content (AvgIpc) is 3.39. The minimum atomic E-state index is -3.01. The van der Waals surface area contributed by atoms with Crippen molar-refractivity contribution in [2.24, 2.45) is 5.73 Å². The Hall–Kier alpha value is -4.08. The lowest BCUT2D eigenvalue weighted by molar-refractivity contribution is -0.0529. The molecule has 0 radical (unpaired) electrons. The Morgan fingerprint density at radius 1 is 1.12 bits per heavy atom. The molecule has 3 aromatic heterocycles. The molecule has 4 aromatic rings. The summed E-state index contributed by atoms with van der Waals surface area (Å²) in [5, 5.41) is 13.2. The summed E-state index contributed by atoms with van der Waals surface area (Å²) in [6.07, 6.45) is -0.0141. The van der Waals surface area contributed by atoms with E-state index >= 15 is 4.39 Å². The monoisotopic (exact) mass is 590 g/mol. The van der Waals surface area contributed by atoms with E-state index < -0.39 is 29.7 Å². The minimum absolute atomic E-state index is 0.0734. The summed E-state index contributed by atoms with van der Waals surface area (Å²) in [7, 11) is 2.76. The topological polar surface area (TPSA) is 136 Å². The Kier molecular flexibility index (Phi) is 8.43. The van der Waals surface area contributed by atoms with Crippen molar-refractivity contribution in [2.75, 3.05) is 44.3 Å². The number of nitrogens with one attached hydrogen (secondary N) is 1. The first kappa shape index (κ1) is 29.4. The zero-order valence-electron chi connectivity index (χ0n) is 22.9. The highest BCUT2D eigenvalue weighted by atomic mass is 19.3. The number of imidazole rings is 1. The standard InChI is InChI=1S/C27H30F4N8O3/c1-41-14-37-25-22-26(35-12-34-25)39(13-36-22)10-15-6-19(16-7-18(29)21(42-2)8-17(16)28)33-9-20(15)38-5-3-4-27(32,11-38)23(40)24(30)31/h6-9,12-13,23-24,40H,3-5,10-11,14,32H2,1-2H3,(H,34,35,37)/t23-,27-/m1/s1. The highest BCUT2D eigenvalue weighted by Gasteiger charge is 2.43. The van der Waals surface area contributed by atoms with Crippen molar-refractivity contribution in [1.29, 1.82) is 0 Å². The molecule has 15 heteroatoms. The number of nitrogens with zero attached hydrogens (tertiary/aromatic N) is 6. The number of aliphatic hydroxyl groups excluding tert-OH is 1. The second-order valence-corrected chi connectivity index (χ2v) is 10.1. The van der Waals surface area contributed by atoms with E-state index in [9.17, 15) is 18.3 Å². The number of aromatic nitrogens is 5. The molecule has 4 N–H and O–H groups in total. The summed E-state index contributed by atoms with van der Waals surface area (Å²) in [6.45, 7) is 0.720. The summed E-state index contributed by atoms with van der Waals surface area (Å²) in [5.74, 6) is -1.30. The summed E-state index contributed by atoms with van der Waals surface area (Å²) >= 11 is 0. The van der Waals surface area contributed by atoms with E-state index in [4.69, 9.17) is 15.2 Å². The van der Waals surface area contributed by atoms with Crippen molar-refractivity contribution in [3.05, 3.63) is 54.2 Å². The SMILES string of the molecule is COCNc1ncnc2c1ncn2Cc1cc(-c2cc(F)c(OC)cc2F)ncc1N1CCC[C@](N)([C@H](O)C(F)F)C1. The number of aliphatic hydroxyl groups is 1. The van der Waals surface area contributed by atoms with Gasteiger partial charge in [0.25, 0.3) is 6.43 Å². The summed E-state index contributed by atoms with van der Waals surface area (Å²) < 4.78 is 68.2. The number of fused-ring (bicyclic) bond motifs is 1. The maximum Gasteiger partial charge on any atom is 0.265 e. The van der Waals surface area contributed by atoms with Crippen LogP contribution in [0.4, 0.5) is 29.1 Å². The molecule has 42 heavy (non-hydrogen) atoms. The second kappa shape index (κ2) is 12.0. The lowest BCUT2D eigenvalue weighted by Crippen LogP contribution is -2.63. The highest BCUT2D eigenvalue weighted by Crippen LogP contribution is 2.35. The smallest absolute Gasteiger partial charge is 0.265 e. The van der Waals surface area contributed by atoms with Gasteiger partial charge in [0.1, 0.15) is 30.5 Å². The van der Waals surface area contributed by atoms with Crippen LogP contribution < -0.4 is 20.7 Å².